The molecule has 1 amide bonds. The molecule has 0 fully saturated rings. The Labute approximate surface area is 170 Å². The van der Waals surface area contributed by atoms with Gasteiger partial charge in [-0.2, -0.15) is 0 Å². The fourth-order valence-corrected chi connectivity index (χ4v) is 4.26. The van der Waals surface area contributed by atoms with Gasteiger partial charge in [0.2, 0.25) is 20.0 Å². The number of rotatable bonds is 5. The number of nitrogens with one attached hydrogen (secondary N) is 1. The van der Waals surface area contributed by atoms with E-state index < -0.39 is 32.1 Å². The van der Waals surface area contributed by atoms with Gasteiger partial charge in [0.25, 0.3) is 5.91 Å². The van der Waals surface area contributed by atoms with Gasteiger partial charge in [-0.25, -0.2) is 16.8 Å². The Morgan fingerprint density at radius 2 is 1.79 bits per heavy atom. The van der Waals surface area contributed by atoms with Crippen molar-refractivity contribution in [2.75, 3.05) is 40.0 Å². The lowest BCUT2D eigenvalue weighted by Crippen LogP contribution is -2.48. The predicted molar refractivity (Wildman–Crippen MR) is 111 cm³/mol. The van der Waals surface area contributed by atoms with Gasteiger partial charge in [-0.1, -0.05) is 18.2 Å². The van der Waals surface area contributed by atoms with Gasteiger partial charge in [-0.05, 0) is 30.3 Å². The number of nitrogens with zero attached hydrogens (tertiary/aromatic N) is 2. The maximum Gasteiger partial charge on any atom is 0.267 e. The predicted octanol–water partition coefficient (Wildman–Crippen LogP) is 1.25. The fraction of sp³-hybridized carbons (Fsp3) is 0.278. The molecule has 0 bridgehead atoms. The molecule has 0 unspecified atom stereocenters. The molecule has 1 aliphatic rings. The molecule has 0 radical (unpaired) electrons. The van der Waals surface area contributed by atoms with Crippen LogP contribution in [0.4, 0.5) is 17.1 Å². The first-order valence-electron chi connectivity index (χ1n) is 8.55. The topological polar surface area (TPSA) is 113 Å². The number of benzene rings is 2. The highest BCUT2D eigenvalue weighted by Gasteiger charge is 2.34. The number of ether oxygens (including phenoxy) is 1. The molecule has 11 heteroatoms. The third kappa shape index (κ3) is 4.62. The van der Waals surface area contributed by atoms with Crippen LogP contribution in [-0.2, 0) is 24.8 Å². The first-order chi connectivity index (χ1) is 13.5. The van der Waals surface area contributed by atoms with E-state index in [1.807, 2.05) is 0 Å². The van der Waals surface area contributed by atoms with Gasteiger partial charge in [-0.15, -0.1) is 0 Å². The fourth-order valence-electron chi connectivity index (χ4n) is 2.85. The van der Waals surface area contributed by atoms with Crippen LogP contribution in [-0.4, -0.2) is 55.0 Å². The van der Waals surface area contributed by atoms with E-state index >= 15 is 0 Å². The summed E-state index contributed by atoms with van der Waals surface area (Å²) < 4.78 is 55.7. The average molecular weight is 440 g/mol. The van der Waals surface area contributed by atoms with Crippen molar-refractivity contribution in [2.24, 2.45) is 0 Å². The normalized spacial score (nSPS) is 16.5. The third-order valence-electron chi connectivity index (χ3n) is 4.40. The quantitative estimate of drug-likeness (QED) is 0.750. The number of carbonyl (C=O) groups excluding carboxylic acids is 1. The van der Waals surface area contributed by atoms with Crippen LogP contribution in [0.2, 0.25) is 0 Å². The number of hydrogen-bond acceptors (Lipinski definition) is 6. The number of sulfonamides is 2. The summed E-state index contributed by atoms with van der Waals surface area (Å²) in [6.45, 7) is -0.176. The van der Waals surface area contributed by atoms with E-state index in [9.17, 15) is 21.6 Å². The number of hydrogen-bond donors (Lipinski definition) is 1. The van der Waals surface area contributed by atoms with Crippen molar-refractivity contribution in [3.63, 3.8) is 0 Å². The molecule has 1 N–H and O–H groups in total. The van der Waals surface area contributed by atoms with Crippen LogP contribution >= 0.6 is 0 Å². The number of fused-ring (bicyclic) bond motifs is 1. The number of carbonyl (C=O) groups is 1. The molecule has 1 heterocycles. The van der Waals surface area contributed by atoms with Crippen LogP contribution in [0.15, 0.2) is 48.5 Å². The van der Waals surface area contributed by atoms with E-state index in [4.69, 9.17) is 4.74 Å². The zero-order valence-corrected chi connectivity index (χ0v) is 17.7. The van der Waals surface area contributed by atoms with E-state index in [0.717, 1.165) is 21.1 Å². The second kappa shape index (κ2) is 7.56. The molecule has 1 aliphatic heterocycles. The van der Waals surface area contributed by atoms with Crippen LogP contribution in [0, 0.1) is 0 Å². The van der Waals surface area contributed by atoms with Crippen molar-refractivity contribution < 1.29 is 26.4 Å². The van der Waals surface area contributed by atoms with Gasteiger partial charge in [0.1, 0.15) is 5.75 Å². The minimum absolute atomic E-state index is 0.176. The van der Waals surface area contributed by atoms with Gasteiger partial charge < -0.3 is 10.1 Å². The van der Waals surface area contributed by atoms with Crippen molar-refractivity contribution in [3.05, 3.63) is 48.5 Å². The number of para-hydroxylation sites is 2. The van der Waals surface area contributed by atoms with Crippen molar-refractivity contribution in [2.45, 2.75) is 6.10 Å². The molecular weight excluding hydrogens is 418 g/mol. The first kappa shape index (κ1) is 20.9. The van der Waals surface area contributed by atoms with E-state index in [1.54, 1.807) is 42.5 Å². The molecule has 1 atom stereocenters. The monoisotopic (exact) mass is 439 g/mol. The Hall–Kier alpha value is -2.79. The highest BCUT2D eigenvalue weighted by atomic mass is 32.2. The summed E-state index contributed by atoms with van der Waals surface area (Å²) in [7, 11) is -5.66. The lowest BCUT2D eigenvalue weighted by molar-refractivity contribution is -0.122. The standard InChI is InChI=1S/C18H21N3O6S2/c1-20(28(2,23)24)14-8-6-7-13(11-14)19-18(22)17-12-21(29(3,25)26)15-9-4-5-10-16(15)27-17/h4-11,17H,12H2,1-3H3,(H,19,22)/t17-/m1/s1. The van der Waals surface area contributed by atoms with Gasteiger partial charge >= 0.3 is 0 Å². The Kier molecular flexibility index (Phi) is 5.46. The molecule has 9 nitrogen and oxygen atoms in total. The molecule has 0 aliphatic carbocycles. The molecule has 0 saturated carbocycles. The molecule has 156 valence electrons. The Morgan fingerprint density at radius 1 is 1.10 bits per heavy atom. The highest BCUT2D eigenvalue weighted by molar-refractivity contribution is 7.92. The third-order valence-corrected chi connectivity index (χ3v) is 6.75. The molecule has 0 spiro atoms. The minimum Gasteiger partial charge on any atom is -0.476 e. The molecule has 29 heavy (non-hydrogen) atoms. The molecule has 2 aromatic carbocycles. The second-order valence-corrected chi connectivity index (χ2v) is 10.6. The summed E-state index contributed by atoms with van der Waals surface area (Å²) in [6, 6.07) is 12.9. The van der Waals surface area contributed by atoms with Crippen molar-refractivity contribution in [1.29, 1.82) is 0 Å². The van der Waals surface area contributed by atoms with E-state index in [1.165, 1.54) is 13.1 Å². The molecular formula is C18H21N3O6S2. The molecule has 0 aromatic heterocycles. The smallest absolute Gasteiger partial charge is 0.267 e. The Bertz CT molecular complexity index is 1150. The Balaban J connectivity index is 1.83. The van der Waals surface area contributed by atoms with Crippen LogP contribution in [0.3, 0.4) is 0 Å². The molecule has 3 rings (SSSR count). The maximum atomic E-state index is 12.7. The van der Waals surface area contributed by atoms with Gasteiger partial charge in [0, 0.05) is 12.7 Å². The average Bonchev–Trinajstić information content (AvgIpc) is 2.65. The van der Waals surface area contributed by atoms with Gasteiger partial charge in [0.05, 0.1) is 30.4 Å². The second-order valence-electron chi connectivity index (χ2n) is 6.64. The number of anilines is 3. The van der Waals surface area contributed by atoms with Crippen LogP contribution in [0.25, 0.3) is 0 Å². The van der Waals surface area contributed by atoms with Crippen molar-refractivity contribution in [1.82, 2.24) is 0 Å². The lowest BCUT2D eigenvalue weighted by Gasteiger charge is -2.33. The maximum absolute atomic E-state index is 12.7. The summed E-state index contributed by atoms with van der Waals surface area (Å²) in [5.41, 5.74) is 1.10. The minimum atomic E-state index is -3.61. The van der Waals surface area contributed by atoms with Gasteiger partial charge in [0.15, 0.2) is 6.10 Å². The zero-order valence-electron chi connectivity index (χ0n) is 16.1. The molecule has 0 saturated heterocycles. The van der Waals surface area contributed by atoms with Crippen LogP contribution in [0.1, 0.15) is 0 Å². The lowest BCUT2D eigenvalue weighted by atomic mass is 10.2. The summed E-state index contributed by atoms with van der Waals surface area (Å²) >= 11 is 0. The summed E-state index contributed by atoms with van der Waals surface area (Å²) in [5, 5.41) is 2.65. The van der Waals surface area contributed by atoms with Gasteiger partial charge in [-0.3, -0.25) is 13.4 Å². The van der Waals surface area contributed by atoms with Crippen LogP contribution < -0.4 is 18.7 Å². The first-order valence-corrected chi connectivity index (χ1v) is 12.2. The molecule has 2 aromatic rings. The summed E-state index contributed by atoms with van der Waals surface area (Å²) in [6.07, 6.45) is 1.07. The summed E-state index contributed by atoms with van der Waals surface area (Å²) in [5.74, 6) is -0.262. The van der Waals surface area contributed by atoms with Crippen LogP contribution in [0.5, 0.6) is 5.75 Å². The van der Waals surface area contributed by atoms with E-state index in [0.29, 0.717) is 17.1 Å². The largest absolute Gasteiger partial charge is 0.476 e. The highest BCUT2D eigenvalue weighted by Crippen LogP contribution is 2.34. The summed E-state index contributed by atoms with van der Waals surface area (Å²) in [4.78, 5) is 12.7. The Morgan fingerprint density at radius 3 is 2.45 bits per heavy atom. The number of amides is 1. The van der Waals surface area contributed by atoms with E-state index in [2.05, 4.69) is 5.32 Å². The zero-order chi connectivity index (χ0) is 21.4. The van der Waals surface area contributed by atoms with E-state index in [-0.39, 0.29) is 12.3 Å². The van der Waals surface area contributed by atoms with Crippen molar-refractivity contribution >= 4 is 43.0 Å². The van der Waals surface area contributed by atoms with Crippen molar-refractivity contribution in [3.8, 4) is 5.75 Å². The SMILES string of the molecule is CN(c1cccc(NC(=O)[C@H]2CN(S(C)(=O)=O)c3ccccc3O2)c1)S(C)(=O)=O.